The first-order valence-corrected chi connectivity index (χ1v) is 8.01. The van der Waals surface area contributed by atoms with Crippen LogP contribution < -0.4 is 0 Å². The van der Waals surface area contributed by atoms with Crippen LogP contribution in [0.4, 0.5) is 0 Å². The zero-order valence-corrected chi connectivity index (χ0v) is 13.4. The molecule has 3 rings (SSSR count). The highest BCUT2D eigenvalue weighted by Crippen LogP contribution is 2.19. The fraction of sp³-hybridized carbons (Fsp3) is 0.200. The van der Waals surface area contributed by atoms with E-state index in [0.29, 0.717) is 19.4 Å². The first kappa shape index (κ1) is 15.8. The number of nitriles is 1. The number of benzene rings is 2. The molecule has 120 valence electrons. The topological polar surface area (TPSA) is 59.9 Å². The molecule has 1 N–H and O–H groups in total. The van der Waals surface area contributed by atoms with Gasteiger partial charge in [-0.3, -0.25) is 4.79 Å². The Labute approximate surface area is 141 Å². The fourth-order valence-corrected chi connectivity index (χ4v) is 2.86. The zero-order valence-electron chi connectivity index (χ0n) is 13.4. The smallest absolute Gasteiger partial charge is 0.224 e. The van der Waals surface area contributed by atoms with Crippen molar-refractivity contribution in [2.75, 3.05) is 6.54 Å². The fourth-order valence-electron chi connectivity index (χ4n) is 2.86. The number of nitrogens with one attached hydrogen (secondary N) is 1. The summed E-state index contributed by atoms with van der Waals surface area (Å²) in [7, 11) is 0. The largest absolute Gasteiger partial charge is 0.361 e. The Kier molecular flexibility index (Phi) is 4.93. The lowest BCUT2D eigenvalue weighted by atomic mass is 10.1. The summed E-state index contributed by atoms with van der Waals surface area (Å²) >= 11 is 0. The molecule has 4 nitrogen and oxygen atoms in total. The number of amides is 1. The molecule has 3 aromatic rings. The summed E-state index contributed by atoms with van der Waals surface area (Å²) in [5.41, 5.74) is 3.25. The van der Waals surface area contributed by atoms with Crippen LogP contribution in [0.25, 0.3) is 10.9 Å². The predicted molar refractivity (Wildman–Crippen MR) is 94.1 cm³/mol. The molecular weight excluding hydrogens is 298 g/mol. The minimum atomic E-state index is 0.00526. The van der Waals surface area contributed by atoms with Gasteiger partial charge in [-0.15, -0.1) is 0 Å². The molecule has 0 saturated heterocycles. The van der Waals surface area contributed by atoms with Crippen molar-refractivity contribution in [3.05, 3.63) is 71.9 Å². The maximum Gasteiger partial charge on any atom is 0.224 e. The molecule has 0 bridgehead atoms. The van der Waals surface area contributed by atoms with Gasteiger partial charge in [0.25, 0.3) is 0 Å². The number of aromatic nitrogens is 1. The highest BCUT2D eigenvalue weighted by Gasteiger charge is 2.14. The quantitative estimate of drug-likeness (QED) is 0.705. The highest BCUT2D eigenvalue weighted by molar-refractivity contribution is 5.84. The number of hydrogen-bond donors (Lipinski definition) is 1. The van der Waals surface area contributed by atoms with Crippen molar-refractivity contribution in [3.63, 3.8) is 0 Å². The summed E-state index contributed by atoms with van der Waals surface area (Å²) < 4.78 is 0. The highest BCUT2D eigenvalue weighted by atomic mass is 16.2. The van der Waals surface area contributed by atoms with Gasteiger partial charge in [0.05, 0.1) is 6.07 Å². The lowest BCUT2D eigenvalue weighted by Crippen LogP contribution is -2.31. The number of nitrogens with zero attached hydrogens (tertiary/aromatic N) is 2. The van der Waals surface area contributed by atoms with Crippen LogP contribution >= 0.6 is 0 Å². The first-order valence-electron chi connectivity index (χ1n) is 8.01. The molecular formula is C20H19N3O. The molecule has 0 aliphatic rings. The molecule has 1 heterocycles. The van der Waals surface area contributed by atoms with Gasteiger partial charge in [-0.1, -0.05) is 48.5 Å². The van der Waals surface area contributed by atoms with E-state index in [0.717, 1.165) is 22.0 Å². The lowest BCUT2D eigenvalue weighted by Gasteiger charge is -2.19. The molecule has 0 fully saturated rings. The van der Waals surface area contributed by atoms with Gasteiger partial charge in [0.15, 0.2) is 0 Å². The maximum atomic E-state index is 12.5. The third-order valence-corrected chi connectivity index (χ3v) is 4.11. The molecule has 1 amide bonds. The van der Waals surface area contributed by atoms with E-state index in [-0.39, 0.29) is 12.5 Å². The Bertz CT molecular complexity index is 861. The van der Waals surface area contributed by atoms with E-state index in [4.69, 9.17) is 5.26 Å². The van der Waals surface area contributed by atoms with Gasteiger partial charge in [-0.25, -0.2) is 0 Å². The molecule has 2 aromatic carbocycles. The Morgan fingerprint density at radius 3 is 2.62 bits per heavy atom. The minimum absolute atomic E-state index is 0.00526. The van der Waals surface area contributed by atoms with Crippen LogP contribution in [0, 0.1) is 11.3 Å². The average molecular weight is 317 g/mol. The van der Waals surface area contributed by atoms with Gasteiger partial charge < -0.3 is 9.88 Å². The predicted octanol–water partition coefficient (Wildman–Crippen LogP) is 3.65. The zero-order chi connectivity index (χ0) is 16.8. The number of carbonyl (C=O) groups is 1. The Hall–Kier alpha value is -3.06. The van der Waals surface area contributed by atoms with Crippen LogP contribution in [0.2, 0.25) is 0 Å². The second-order valence-corrected chi connectivity index (χ2v) is 5.75. The Morgan fingerprint density at radius 2 is 1.83 bits per heavy atom. The van der Waals surface area contributed by atoms with Gasteiger partial charge in [-0.05, 0) is 23.6 Å². The molecule has 4 heteroatoms. The van der Waals surface area contributed by atoms with Crippen molar-refractivity contribution < 1.29 is 4.79 Å². The third kappa shape index (κ3) is 3.64. The van der Waals surface area contributed by atoms with Crippen LogP contribution in [0.5, 0.6) is 0 Å². The molecule has 24 heavy (non-hydrogen) atoms. The number of aromatic amines is 1. The number of fused-ring (bicyclic) bond motifs is 1. The average Bonchev–Trinajstić information content (AvgIpc) is 3.03. The normalized spacial score (nSPS) is 10.5. The standard InChI is InChI=1S/C20H19N3O/c21-12-13-23(15-16-6-2-1-3-7-16)20(24)11-10-17-14-22-19-9-5-4-8-18(17)19/h1-9,14,22H,10-11,13,15H2. The van der Waals surface area contributed by atoms with E-state index in [1.807, 2.05) is 54.7 Å². The van der Waals surface area contributed by atoms with Gasteiger partial charge in [0.2, 0.25) is 5.91 Å². The van der Waals surface area contributed by atoms with Gasteiger partial charge in [0.1, 0.15) is 6.54 Å². The number of hydrogen-bond acceptors (Lipinski definition) is 2. The summed E-state index contributed by atoms with van der Waals surface area (Å²) in [6, 6.07) is 19.9. The van der Waals surface area contributed by atoms with Crippen LogP contribution in [0.3, 0.4) is 0 Å². The summed E-state index contributed by atoms with van der Waals surface area (Å²) in [5.74, 6) is 0.00526. The molecule has 0 spiro atoms. The van der Waals surface area contributed by atoms with Crippen molar-refractivity contribution in [1.82, 2.24) is 9.88 Å². The third-order valence-electron chi connectivity index (χ3n) is 4.11. The van der Waals surface area contributed by atoms with Crippen LogP contribution in [0.1, 0.15) is 17.5 Å². The minimum Gasteiger partial charge on any atom is -0.361 e. The molecule has 0 aliphatic carbocycles. The Balaban J connectivity index is 1.66. The molecule has 0 aliphatic heterocycles. The summed E-state index contributed by atoms with van der Waals surface area (Å²) in [4.78, 5) is 17.4. The van der Waals surface area contributed by atoms with E-state index < -0.39 is 0 Å². The van der Waals surface area contributed by atoms with E-state index in [1.54, 1.807) is 4.90 Å². The number of carbonyl (C=O) groups excluding carboxylic acids is 1. The maximum absolute atomic E-state index is 12.5. The number of para-hydroxylation sites is 1. The molecule has 0 atom stereocenters. The van der Waals surface area contributed by atoms with Crippen molar-refractivity contribution >= 4 is 16.8 Å². The van der Waals surface area contributed by atoms with Gasteiger partial charge in [-0.2, -0.15) is 5.26 Å². The second-order valence-electron chi connectivity index (χ2n) is 5.75. The van der Waals surface area contributed by atoms with Crippen molar-refractivity contribution in [1.29, 1.82) is 5.26 Å². The Morgan fingerprint density at radius 1 is 1.08 bits per heavy atom. The summed E-state index contributed by atoms with van der Waals surface area (Å²) in [5, 5.41) is 10.2. The molecule has 0 unspecified atom stereocenters. The number of rotatable bonds is 6. The van der Waals surface area contributed by atoms with Crippen molar-refractivity contribution in [2.45, 2.75) is 19.4 Å². The van der Waals surface area contributed by atoms with Crippen LogP contribution in [0.15, 0.2) is 60.8 Å². The van der Waals surface area contributed by atoms with Crippen molar-refractivity contribution in [2.24, 2.45) is 0 Å². The molecule has 0 radical (unpaired) electrons. The van der Waals surface area contributed by atoms with Gasteiger partial charge >= 0.3 is 0 Å². The number of aryl methyl sites for hydroxylation is 1. The van der Waals surface area contributed by atoms with E-state index in [1.165, 1.54) is 0 Å². The summed E-state index contributed by atoms with van der Waals surface area (Å²) in [6.07, 6.45) is 3.03. The first-order chi connectivity index (χ1) is 11.8. The summed E-state index contributed by atoms with van der Waals surface area (Å²) in [6.45, 7) is 0.586. The lowest BCUT2D eigenvalue weighted by molar-refractivity contribution is -0.131. The molecule has 1 aromatic heterocycles. The molecule has 0 saturated carbocycles. The van der Waals surface area contributed by atoms with E-state index >= 15 is 0 Å². The number of H-pyrrole nitrogens is 1. The van der Waals surface area contributed by atoms with Crippen LogP contribution in [-0.4, -0.2) is 22.3 Å². The van der Waals surface area contributed by atoms with Crippen LogP contribution in [-0.2, 0) is 17.8 Å². The van der Waals surface area contributed by atoms with E-state index in [2.05, 4.69) is 17.1 Å². The van der Waals surface area contributed by atoms with E-state index in [9.17, 15) is 4.79 Å². The second kappa shape index (κ2) is 7.47. The SMILES string of the molecule is N#CCN(Cc1ccccc1)C(=O)CCc1c[nH]c2ccccc12. The monoisotopic (exact) mass is 317 g/mol. The van der Waals surface area contributed by atoms with Crippen molar-refractivity contribution in [3.8, 4) is 6.07 Å². The van der Waals surface area contributed by atoms with Gasteiger partial charge in [0, 0.05) is 30.1 Å².